The lowest BCUT2D eigenvalue weighted by molar-refractivity contribution is -0.137. The van der Waals surface area contributed by atoms with Crippen LogP contribution in [-0.2, 0) is 6.18 Å². The quantitative estimate of drug-likeness (QED) is 0.499. The topological polar surface area (TPSA) is 55.5 Å². The van der Waals surface area contributed by atoms with E-state index in [2.05, 4.69) is 0 Å². The summed E-state index contributed by atoms with van der Waals surface area (Å²) in [7, 11) is 0. The van der Waals surface area contributed by atoms with Crippen LogP contribution in [0, 0.1) is 18.6 Å². The van der Waals surface area contributed by atoms with E-state index in [1.54, 1.807) is 13.8 Å². The first-order valence-corrected chi connectivity index (χ1v) is 9.11. The number of aryl methyl sites for hydroxylation is 1. The highest BCUT2D eigenvalue weighted by atomic mass is 19.4. The van der Waals surface area contributed by atoms with Crippen molar-refractivity contribution in [2.24, 2.45) is 0 Å². The lowest BCUT2D eigenvalue weighted by atomic mass is 10.0. The van der Waals surface area contributed by atoms with E-state index in [0.29, 0.717) is 10.8 Å². The lowest BCUT2D eigenvalue weighted by Gasteiger charge is -2.26. The van der Waals surface area contributed by atoms with Gasteiger partial charge in [-0.05, 0) is 50.6 Å². The van der Waals surface area contributed by atoms with Crippen LogP contribution in [0.15, 0.2) is 51.8 Å². The van der Waals surface area contributed by atoms with E-state index in [1.807, 2.05) is 0 Å². The number of hydrogen-bond acceptors (Lipinski definition) is 3. The fourth-order valence-electron chi connectivity index (χ4n) is 3.13. The molecule has 31 heavy (non-hydrogen) atoms. The molecule has 1 aromatic heterocycles. The minimum absolute atomic E-state index is 0.0126. The van der Waals surface area contributed by atoms with Crippen LogP contribution in [0.4, 0.5) is 32.4 Å². The van der Waals surface area contributed by atoms with Gasteiger partial charge in [-0.1, -0.05) is 16.9 Å². The van der Waals surface area contributed by atoms with Crippen molar-refractivity contribution in [3.8, 4) is 11.1 Å². The Kier molecular flexibility index (Phi) is 5.75. The van der Waals surface area contributed by atoms with Crippen LogP contribution in [0.5, 0.6) is 0 Å². The van der Waals surface area contributed by atoms with E-state index < -0.39 is 41.0 Å². The van der Waals surface area contributed by atoms with E-state index in [4.69, 9.17) is 4.52 Å². The molecule has 0 unspecified atom stereocenters. The van der Waals surface area contributed by atoms with Crippen LogP contribution in [0.2, 0.25) is 0 Å². The molecule has 0 atom stereocenters. The van der Waals surface area contributed by atoms with Gasteiger partial charge in [0, 0.05) is 12.1 Å². The van der Waals surface area contributed by atoms with Crippen molar-refractivity contribution in [3.05, 3.63) is 75.8 Å². The minimum Gasteiger partial charge on any atom is -0.371 e. The second kappa shape index (κ2) is 8.01. The predicted octanol–water partition coefficient (Wildman–Crippen LogP) is 5.60. The van der Waals surface area contributed by atoms with Crippen molar-refractivity contribution in [2.45, 2.75) is 33.0 Å². The molecule has 3 rings (SSSR count). The third-order valence-corrected chi connectivity index (χ3v) is 4.54. The van der Waals surface area contributed by atoms with Crippen LogP contribution in [0.25, 0.3) is 11.1 Å². The molecule has 0 fully saturated rings. The summed E-state index contributed by atoms with van der Waals surface area (Å²) in [6.07, 6.45) is -4.54. The Labute approximate surface area is 173 Å². The van der Waals surface area contributed by atoms with Gasteiger partial charge in [0.2, 0.25) is 0 Å². The molecule has 1 heterocycles. The predicted molar refractivity (Wildman–Crippen MR) is 103 cm³/mol. The lowest BCUT2D eigenvalue weighted by Crippen LogP contribution is -2.43. The normalized spacial score (nSPS) is 11.8. The van der Waals surface area contributed by atoms with Gasteiger partial charge in [0.05, 0.1) is 16.8 Å². The number of hydrogen-bond donors (Lipinski definition) is 0. The van der Waals surface area contributed by atoms with Gasteiger partial charge >= 0.3 is 12.2 Å². The van der Waals surface area contributed by atoms with Gasteiger partial charge < -0.3 is 4.52 Å². The molecular formula is C21H17F5N2O3. The number of carbonyl (C=O) groups excluding carboxylic acids is 1. The fourth-order valence-corrected chi connectivity index (χ4v) is 3.13. The summed E-state index contributed by atoms with van der Waals surface area (Å²) in [6.45, 7) is 4.48. The summed E-state index contributed by atoms with van der Waals surface area (Å²) in [5.41, 5.74) is -2.07. The highest BCUT2D eigenvalue weighted by molar-refractivity contribution is 5.93. The van der Waals surface area contributed by atoms with Gasteiger partial charge in [-0.2, -0.15) is 13.2 Å². The summed E-state index contributed by atoms with van der Waals surface area (Å²) < 4.78 is 71.6. The highest BCUT2D eigenvalue weighted by Gasteiger charge is 2.31. The Bertz CT molecular complexity index is 1180. The zero-order valence-corrected chi connectivity index (χ0v) is 16.6. The summed E-state index contributed by atoms with van der Waals surface area (Å²) in [6, 6.07) is 4.75. The number of rotatable bonds is 3. The molecule has 0 N–H and O–H groups in total. The maximum absolute atomic E-state index is 14.3. The average Bonchev–Trinajstić information content (AvgIpc) is 2.97. The summed E-state index contributed by atoms with van der Waals surface area (Å²) >= 11 is 0. The highest BCUT2D eigenvalue weighted by Crippen LogP contribution is 2.31. The Morgan fingerprint density at radius 2 is 1.68 bits per heavy atom. The number of nitrogens with zero attached hydrogens (tertiary/aromatic N) is 2. The molecule has 164 valence electrons. The van der Waals surface area contributed by atoms with E-state index in [9.17, 15) is 31.5 Å². The zero-order chi connectivity index (χ0) is 23.1. The number of halogens is 5. The third kappa shape index (κ3) is 4.23. The van der Waals surface area contributed by atoms with E-state index in [-0.39, 0.29) is 22.6 Å². The number of alkyl halides is 3. The maximum atomic E-state index is 14.3. The van der Waals surface area contributed by atoms with Gasteiger partial charge in [-0.3, -0.25) is 9.69 Å². The number of carbonyl (C=O) groups is 1. The van der Waals surface area contributed by atoms with E-state index in [0.717, 1.165) is 41.3 Å². The van der Waals surface area contributed by atoms with E-state index >= 15 is 0 Å². The molecule has 0 radical (unpaired) electrons. The van der Waals surface area contributed by atoms with E-state index in [1.165, 1.54) is 6.92 Å². The van der Waals surface area contributed by atoms with Crippen LogP contribution in [0.1, 0.15) is 25.2 Å². The van der Waals surface area contributed by atoms with Gasteiger partial charge in [-0.15, -0.1) is 0 Å². The monoisotopic (exact) mass is 440 g/mol. The summed E-state index contributed by atoms with van der Waals surface area (Å²) in [5.74, 6) is -1.87. The molecular weight excluding hydrogens is 423 g/mol. The third-order valence-electron chi connectivity index (χ3n) is 4.54. The number of benzene rings is 2. The first-order chi connectivity index (χ1) is 14.4. The van der Waals surface area contributed by atoms with Crippen molar-refractivity contribution in [1.29, 1.82) is 0 Å². The molecule has 0 bridgehead atoms. The van der Waals surface area contributed by atoms with Crippen LogP contribution in [-0.4, -0.2) is 16.8 Å². The Morgan fingerprint density at radius 1 is 1.06 bits per heavy atom. The number of amides is 1. The minimum atomic E-state index is -4.54. The molecule has 0 spiro atoms. The molecule has 1 amide bonds. The Morgan fingerprint density at radius 3 is 2.19 bits per heavy atom. The molecule has 3 aromatic rings. The van der Waals surface area contributed by atoms with Crippen LogP contribution < -0.4 is 10.5 Å². The maximum Gasteiger partial charge on any atom is 0.416 e. The zero-order valence-electron chi connectivity index (χ0n) is 16.6. The van der Waals surface area contributed by atoms with Crippen molar-refractivity contribution in [3.63, 3.8) is 0 Å². The SMILES string of the molecule is Cc1on(C(=O)N(c2ccc(F)cc2F)C(C)C)c(=O)c1-c1ccc(C(F)(F)F)cc1. The molecule has 0 aliphatic carbocycles. The second-order valence-electron chi connectivity index (χ2n) is 7.04. The molecule has 5 nitrogen and oxygen atoms in total. The molecule has 10 heteroatoms. The molecule has 0 aliphatic heterocycles. The van der Waals surface area contributed by atoms with Crippen LogP contribution in [0.3, 0.4) is 0 Å². The van der Waals surface area contributed by atoms with Crippen molar-refractivity contribution >= 4 is 11.7 Å². The first-order valence-electron chi connectivity index (χ1n) is 9.11. The standard InChI is InChI=1S/C21H17F5N2O3/c1-11(2)27(17-9-8-15(22)10-16(17)23)20(30)28-19(29)18(12(3)31-28)13-4-6-14(7-5-13)21(24,25)26/h4-11H,1-3H3. The van der Waals surface area contributed by atoms with Crippen molar-refractivity contribution in [2.75, 3.05) is 4.90 Å². The molecule has 0 aliphatic rings. The Balaban J connectivity index is 2.06. The average molecular weight is 440 g/mol. The van der Waals surface area contributed by atoms with Gasteiger partial charge in [-0.25, -0.2) is 13.6 Å². The fraction of sp³-hybridized carbons (Fsp3) is 0.238. The summed E-state index contributed by atoms with van der Waals surface area (Å²) in [4.78, 5) is 26.8. The second-order valence-corrected chi connectivity index (χ2v) is 7.04. The van der Waals surface area contributed by atoms with Gasteiger partial charge in [0.15, 0.2) is 0 Å². The smallest absolute Gasteiger partial charge is 0.371 e. The van der Waals surface area contributed by atoms with Crippen molar-refractivity contribution in [1.82, 2.24) is 4.74 Å². The largest absolute Gasteiger partial charge is 0.416 e. The van der Waals surface area contributed by atoms with Gasteiger partial charge in [0.25, 0.3) is 5.56 Å². The number of aromatic nitrogens is 1. The molecule has 2 aromatic carbocycles. The van der Waals surface area contributed by atoms with Gasteiger partial charge in [0.1, 0.15) is 17.4 Å². The first kappa shape index (κ1) is 22.3. The number of anilines is 1. The molecule has 0 saturated heterocycles. The Hall–Kier alpha value is -3.43. The summed E-state index contributed by atoms with van der Waals surface area (Å²) in [5, 5.41) is 0. The van der Waals surface area contributed by atoms with Crippen LogP contribution >= 0.6 is 0 Å². The molecule has 0 saturated carbocycles. The van der Waals surface area contributed by atoms with Crippen molar-refractivity contribution < 1.29 is 31.3 Å².